The van der Waals surface area contributed by atoms with Crippen LogP contribution in [0.2, 0.25) is 5.02 Å². The summed E-state index contributed by atoms with van der Waals surface area (Å²) in [5, 5.41) is 2.79. The number of carbonyl (C=O) groups is 1. The zero-order valence-corrected chi connectivity index (χ0v) is 27.6. The smallest absolute Gasteiger partial charge is 0.411 e. The zero-order chi connectivity index (χ0) is 31.1. The number of fused-ring (bicyclic) bond motifs is 1. The number of anilines is 2. The molecule has 0 bridgehead atoms. The lowest BCUT2D eigenvalue weighted by molar-refractivity contribution is -0.670. The van der Waals surface area contributed by atoms with E-state index in [9.17, 15) is 13.2 Å². The standard InChI is InChI=1S/C28H26ClN5O9S.HI/c1-34-9-3-4-18(16-34)32-28(35)42-13-12-41-27-25(43-23-14-19(38-2)5-7-21(23)29)26(30-17-31-27)33-44(36,37)20-6-8-22-24(15-20)40-11-10-39-22;/h3-9,14-17H,10-13H2,1-2H3,(H-,30,31,32,33,35);1H. The fourth-order valence-corrected chi connectivity index (χ4v) is 5.07. The molecular formula is C28H27ClIN5O9S. The number of halogens is 2. The number of hydrogen-bond donors (Lipinski definition) is 2. The second kappa shape index (κ2) is 15.1. The van der Waals surface area contributed by atoms with Gasteiger partial charge in [0.05, 0.1) is 17.0 Å². The van der Waals surface area contributed by atoms with E-state index in [2.05, 4.69) is 20.0 Å². The summed E-state index contributed by atoms with van der Waals surface area (Å²) in [7, 11) is -0.938. The summed E-state index contributed by atoms with van der Waals surface area (Å²) >= 11 is 6.35. The highest BCUT2D eigenvalue weighted by atomic mass is 127. The fourth-order valence-electron chi connectivity index (χ4n) is 3.89. The van der Waals surface area contributed by atoms with Gasteiger partial charge in [-0.15, -0.1) is 0 Å². The topological polar surface area (TPSA) is 160 Å². The summed E-state index contributed by atoms with van der Waals surface area (Å²) in [6.45, 7) is 0.304. The van der Waals surface area contributed by atoms with Crippen molar-refractivity contribution in [2.24, 2.45) is 7.05 Å². The number of nitrogens with zero attached hydrogens (tertiary/aromatic N) is 3. The molecule has 0 aliphatic carbocycles. The number of rotatable bonds is 11. The molecule has 0 fully saturated rings. The number of methoxy groups -OCH3 is 1. The minimum Gasteiger partial charge on any atom is -1.00 e. The molecule has 2 N–H and O–H groups in total. The summed E-state index contributed by atoms with van der Waals surface area (Å²) in [5.74, 6) is 0.641. The Balaban J connectivity index is 0.00000461. The molecule has 4 aromatic rings. The molecule has 2 aromatic heterocycles. The van der Waals surface area contributed by atoms with Crippen LogP contribution in [0.5, 0.6) is 34.6 Å². The van der Waals surface area contributed by atoms with Gasteiger partial charge in [0, 0.05) is 18.2 Å². The molecule has 0 spiro atoms. The number of hydrogen-bond acceptors (Lipinski definition) is 11. The molecule has 1 aliphatic rings. The highest BCUT2D eigenvalue weighted by Crippen LogP contribution is 2.41. The molecule has 1 amide bonds. The Hall–Kier alpha value is -4.29. The van der Waals surface area contributed by atoms with E-state index in [1.807, 2.05) is 13.2 Å². The van der Waals surface area contributed by atoms with Gasteiger partial charge in [-0.05, 0) is 30.3 Å². The number of amides is 1. The van der Waals surface area contributed by atoms with E-state index in [4.69, 9.17) is 40.0 Å². The Bertz CT molecular complexity index is 1780. The normalized spacial score (nSPS) is 11.9. The van der Waals surface area contributed by atoms with Crippen molar-refractivity contribution in [3.05, 3.63) is 72.3 Å². The Morgan fingerprint density at radius 3 is 2.64 bits per heavy atom. The molecule has 0 radical (unpaired) electrons. The molecule has 2 aromatic carbocycles. The summed E-state index contributed by atoms with van der Waals surface area (Å²) in [6, 6.07) is 12.3. The van der Waals surface area contributed by atoms with Crippen LogP contribution in [0.1, 0.15) is 0 Å². The number of benzene rings is 2. The third-order valence-corrected chi connectivity index (χ3v) is 7.57. The van der Waals surface area contributed by atoms with Crippen molar-refractivity contribution in [2.75, 3.05) is 43.6 Å². The Labute approximate surface area is 280 Å². The number of aromatic nitrogens is 3. The summed E-state index contributed by atoms with van der Waals surface area (Å²) < 4.78 is 64.1. The molecule has 17 heteroatoms. The molecule has 5 rings (SSSR count). The predicted octanol–water partition coefficient (Wildman–Crippen LogP) is 0.959. The van der Waals surface area contributed by atoms with Crippen molar-refractivity contribution >= 4 is 39.2 Å². The van der Waals surface area contributed by atoms with Gasteiger partial charge in [0.25, 0.3) is 15.9 Å². The van der Waals surface area contributed by atoms with Crippen molar-refractivity contribution in [3.8, 4) is 34.6 Å². The second-order valence-electron chi connectivity index (χ2n) is 9.03. The molecule has 0 atom stereocenters. The van der Waals surface area contributed by atoms with E-state index in [0.717, 1.165) is 6.33 Å². The van der Waals surface area contributed by atoms with E-state index < -0.39 is 16.1 Å². The summed E-state index contributed by atoms with van der Waals surface area (Å²) in [4.78, 5) is 20.3. The van der Waals surface area contributed by atoms with E-state index >= 15 is 0 Å². The third kappa shape index (κ3) is 8.67. The summed E-state index contributed by atoms with van der Waals surface area (Å²) in [5.41, 5.74) is 0.539. The maximum absolute atomic E-state index is 13.4. The first kappa shape index (κ1) is 33.6. The Kier molecular flexibility index (Phi) is 11.3. The van der Waals surface area contributed by atoms with Gasteiger partial charge in [-0.1, -0.05) is 11.6 Å². The average molecular weight is 772 g/mol. The van der Waals surface area contributed by atoms with E-state index in [0.29, 0.717) is 23.8 Å². The first-order chi connectivity index (χ1) is 21.2. The summed E-state index contributed by atoms with van der Waals surface area (Å²) in [6.07, 6.45) is 3.91. The van der Waals surface area contributed by atoms with Gasteiger partial charge in [-0.25, -0.2) is 22.8 Å². The third-order valence-electron chi connectivity index (χ3n) is 5.92. The van der Waals surface area contributed by atoms with Crippen molar-refractivity contribution in [3.63, 3.8) is 0 Å². The molecule has 0 saturated carbocycles. The molecule has 45 heavy (non-hydrogen) atoms. The number of carbonyl (C=O) groups excluding carboxylic acids is 1. The van der Waals surface area contributed by atoms with Gasteiger partial charge in [-0.2, -0.15) is 4.98 Å². The molecule has 238 valence electrons. The Morgan fingerprint density at radius 2 is 1.87 bits per heavy atom. The lowest BCUT2D eigenvalue weighted by atomic mass is 10.3. The molecule has 3 heterocycles. The van der Waals surface area contributed by atoms with Crippen LogP contribution in [0.25, 0.3) is 0 Å². The van der Waals surface area contributed by atoms with Crippen LogP contribution < -0.4 is 62.3 Å². The maximum Gasteiger partial charge on any atom is 0.411 e. The number of aryl methyl sites for hydroxylation is 1. The molecule has 0 saturated heterocycles. The number of sulfonamides is 1. The van der Waals surface area contributed by atoms with E-state index in [1.54, 1.807) is 29.0 Å². The molecule has 0 unspecified atom stereocenters. The van der Waals surface area contributed by atoms with Gasteiger partial charge in [0.2, 0.25) is 5.75 Å². The fraction of sp³-hybridized carbons (Fsp3) is 0.214. The maximum atomic E-state index is 13.4. The Morgan fingerprint density at radius 1 is 1.07 bits per heavy atom. The van der Waals surface area contributed by atoms with Crippen LogP contribution in [0.15, 0.2) is 72.1 Å². The second-order valence-corrected chi connectivity index (χ2v) is 11.1. The quantitative estimate of drug-likeness (QED) is 0.127. The van der Waals surface area contributed by atoms with Crippen molar-refractivity contribution in [2.45, 2.75) is 4.90 Å². The lowest BCUT2D eigenvalue weighted by Gasteiger charge is -2.19. The molecule has 1 aliphatic heterocycles. The molecule has 14 nitrogen and oxygen atoms in total. The minimum absolute atomic E-state index is 0. The largest absolute Gasteiger partial charge is 1.00 e. The van der Waals surface area contributed by atoms with Crippen LogP contribution in [-0.2, 0) is 21.8 Å². The first-order valence-electron chi connectivity index (χ1n) is 13.0. The van der Waals surface area contributed by atoms with Crippen molar-refractivity contribution in [1.82, 2.24) is 9.97 Å². The number of nitrogens with one attached hydrogen (secondary N) is 2. The average Bonchev–Trinajstić information content (AvgIpc) is 3.01. The van der Waals surface area contributed by atoms with Crippen molar-refractivity contribution in [1.29, 1.82) is 0 Å². The van der Waals surface area contributed by atoms with E-state index in [1.165, 1.54) is 37.4 Å². The van der Waals surface area contributed by atoms with Crippen LogP contribution >= 0.6 is 11.6 Å². The van der Waals surface area contributed by atoms with Gasteiger partial charge >= 0.3 is 6.09 Å². The monoisotopic (exact) mass is 771 g/mol. The highest BCUT2D eigenvalue weighted by Gasteiger charge is 2.25. The van der Waals surface area contributed by atoms with Crippen molar-refractivity contribution < 1.29 is 70.2 Å². The SMILES string of the molecule is COc1ccc(Cl)c(Oc2c(NS(=O)(=O)c3ccc4c(c3)OCCO4)ncnc2OCCOC(=O)Nc2ccc[n+](C)c2)c1.[I-]. The zero-order valence-electron chi connectivity index (χ0n) is 23.9. The lowest BCUT2D eigenvalue weighted by Crippen LogP contribution is -3.00. The van der Waals surface area contributed by atoms with E-state index in [-0.39, 0.29) is 82.7 Å². The number of pyridine rings is 1. The van der Waals surface area contributed by atoms with Crippen LogP contribution in [0.4, 0.5) is 16.3 Å². The van der Waals surface area contributed by atoms with Gasteiger partial charge in [-0.3, -0.25) is 10.0 Å². The van der Waals surface area contributed by atoms with Gasteiger partial charge in [0.1, 0.15) is 57.0 Å². The van der Waals surface area contributed by atoms with Crippen LogP contribution in [0, 0.1) is 0 Å². The minimum atomic E-state index is -4.22. The van der Waals surface area contributed by atoms with Gasteiger partial charge < -0.3 is 52.4 Å². The van der Waals surface area contributed by atoms with Gasteiger partial charge in [0.15, 0.2) is 29.7 Å². The number of ether oxygens (including phenoxy) is 6. The molecular weight excluding hydrogens is 745 g/mol. The highest BCUT2D eigenvalue weighted by molar-refractivity contribution is 7.92. The van der Waals surface area contributed by atoms with Crippen LogP contribution in [-0.4, -0.2) is 58.0 Å². The first-order valence-corrected chi connectivity index (χ1v) is 14.9. The predicted molar refractivity (Wildman–Crippen MR) is 156 cm³/mol. The van der Waals surface area contributed by atoms with Crippen LogP contribution in [0.3, 0.4) is 0 Å².